The lowest BCUT2D eigenvalue weighted by Crippen LogP contribution is -2.68. The Balaban J connectivity index is 1.61. The van der Waals surface area contributed by atoms with Crippen molar-refractivity contribution >= 4 is 5.96 Å². The number of nitrogens with one attached hydrogen (secondary N) is 2. The second kappa shape index (κ2) is 6.36. The second-order valence-electron chi connectivity index (χ2n) is 7.67. The smallest absolute Gasteiger partial charge is 0.191 e. The normalized spacial score (nSPS) is 40.2. The number of hydrogen-bond donors (Lipinski definition) is 3. The molecule has 5 atom stereocenters. The van der Waals surface area contributed by atoms with E-state index in [0.29, 0.717) is 30.5 Å². The number of aliphatic hydroxyl groups excluding tert-OH is 1. The minimum atomic E-state index is -0.167. The number of hydrogen-bond acceptors (Lipinski definition) is 3. The van der Waals surface area contributed by atoms with Gasteiger partial charge in [-0.05, 0) is 26.2 Å². The number of guanidine groups is 1. The van der Waals surface area contributed by atoms with Gasteiger partial charge in [0.2, 0.25) is 0 Å². The van der Waals surface area contributed by atoms with E-state index in [9.17, 15) is 5.11 Å². The fourth-order valence-corrected chi connectivity index (χ4v) is 4.52. The van der Waals surface area contributed by atoms with Crippen LogP contribution in [0.25, 0.3) is 0 Å². The van der Waals surface area contributed by atoms with Gasteiger partial charge in [-0.15, -0.1) is 0 Å². The number of aliphatic hydroxyl groups is 1. The van der Waals surface area contributed by atoms with E-state index >= 15 is 0 Å². The van der Waals surface area contributed by atoms with Crippen molar-refractivity contribution in [2.24, 2.45) is 22.2 Å². The molecule has 3 fully saturated rings. The van der Waals surface area contributed by atoms with Crippen LogP contribution < -0.4 is 10.6 Å². The fraction of sp³-hybridized carbons (Fsp3) is 0.941. The maximum absolute atomic E-state index is 9.95. The molecule has 3 aliphatic rings. The first-order valence-electron chi connectivity index (χ1n) is 8.88. The molecule has 3 rings (SSSR count). The lowest BCUT2D eigenvalue weighted by molar-refractivity contribution is -0.106. The van der Waals surface area contributed by atoms with Crippen molar-refractivity contribution in [1.29, 1.82) is 0 Å². The monoisotopic (exact) mass is 309 g/mol. The Labute approximate surface area is 133 Å². The second-order valence-corrected chi connectivity index (χ2v) is 7.67. The minimum Gasteiger partial charge on any atom is -0.393 e. The summed E-state index contributed by atoms with van der Waals surface area (Å²) in [5.74, 6) is 1.83. The van der Waals surface area contributed by atoms with Gasteiger partial charge in [0.15, 0.2) is 5.96 Å². The number of rotatable bonds is 4. The van der Waals surface area contributed by atoms with Crippen molar-refractivity contribution in [2.75, 3.05) is 19.7 Å². The maximum Gasteiger partial charge on any atom is 0.191 e. The van der Waals surface area contributed by atoms with E-state index in [1.165, 1.54) is 0 Å². The Hall–Kier alpha value is -0.810. The van der Waals surface area contributed by atoms with E-state index in [4.69, 9.17) is 9.73 Å². The Morgan fingerprint density at radius 1 is 1.32 bits per heavy atom. The summed E-state index contributed by atoms with van der Waals surface area (Å²) in [7, 11) is 0. The molecule has 1 heterocycles. The molecule has 1 saturated heterocycles. The number of ether oxygens (including phenoxy) is 1. The summed E-state index contributed by atoms with van der Waals surface area (Å²) in [6.07, 6.45) is 4.52. The molecule has 0 amide bonds. The first kappa shape index (κ1) is 16.1. The predicted molar refractivity (Wildman–Crippen MR) is 87.9 cm³/mol. The summed E-state index contributed by atoms with van der Waals surface area (Å²) >= 11 is 0. The summed E-state index contributed by atoms with van der Waals surface area (Å²) < 4.78 is 5.86. The zero-order valence-electron chi connectivity index (χ0n) is 14.1. The van der Waals surface area contributed by atoms with Crippen molar-refractivity contribution in [2.45, 2.75) is 64.7 Å². The summed E-state index contributed by atoms with van der Waals surface area (Å²) in [5.41, 5.74) is 0.157. The fourth-order valence-electron chi connectivity index (χ4n) is 4.52. The third-order valence-electron chi connectivity index (χ3n) is 5.84. The van der Waals surface area contributed by atoms with Crippen LogP contribution in [0.1, 0.15) is 46.5 Å². The van der Waals surface area contributed by atoms with Crippen LogP contribution in [0.5, 0.6) is 0 Å². The first-order valence-corrected chi connectivity index (χ1v) is 8.88. The van der Waals surface area contributed by atoms with E-state index in [-0.39, 0.29) is 11.5 Å². The van der Waals surface area contributed by atoms with Gasteiger partial charge in [0, 0.05) is 43.0 Å². The molecule has 0 radical (unpaired) electrons. The van der Waals surface area contributed by atoms with E-state index in [2.05, 4.69) is 31.4 Å². The molecule has 0 bridgehead atoms. The highest BCUT2D eigenvalue weighted by molar-refractivity contribution is 5.80. The van der Waals surface area contributed by atoms with Gasteiger partial charge in [0.05, 0.1) is 12.2 Å². The molecular formula is C17H31N3O2. The molecule has 1 aliphatic heterocycles. The molecule has 0 aromatic heterocycles. The van der Waals surface area contributed by atoms with Crippen molar-refractivity contribution in [3.8, 4) is 0 Å². The highest BCUT2D eigenvalue weighted by Crippen LogP contribution is 2.52. The summed E-state index contributed by atoms with van der Waals surface area (Å²) in [5, 5.41) is 16.9. The van der Waals surface area contributed by atoms with Gasteiger partial charge in [-0.2, -0.15) is 0 Å². The highest BCUT2D eigenvalue weighted by Gasteiger charge is 2.59. The van der Waals surface area contributed by atoms with Crippen molar-refractivity contribution in [3.05, 3.63) is 0 Å². The average Bonchev–Trinajstić information content (AvgIpc) is 3.09. The van der Waals surface area contributed by atoms with Gasteiger partial charge in [-0.3, -0.25) is 4.99 Å². The van der Waals surface area contributed by atoms with Crippen molar-refractivity contribution in [1.82, 2.24) is 10.6 Å². The quantitative estimate of drug-likeness (QED) is 0.544. The van der Waals surface area contributed by atoms with Gasteiger partial charge < -0.3 is 20.5 Å². The number of nitrogens with zero attached hydrogens (tertiary/aromatic N) is 1. The van der Waals surface area contributed by atoms with Gasteiger partial charge in [0.25, 0.3) is 0 Å². The van der Waals surface area contributed by atoms with E-state index in [0.717, 1.165) is 44.8 Å². The zero-order valence-corrected chi connectivity index (χ0v) is 14.1. The lowest BCUT2D eigenvalue weighted by atomic mass is 9.57. The van der Waals surface area contributed by atoms with Gasteiger partial charge in [-0.25, -0.2) is 0 Å². The summed E-state index contributed by atoms with van der Waals surface area (Å²) in [6.45, 7) is 9.11. The van der Waals surface area contributed by atoms with Crippen molar-refractivity contribution < 1.29 is 9.84 Å². The van der Waals surface area contributed by atoms with Crippen molar-refractivity contribution in [3.63, 3.8) is 0 Å². The van der Waals surface area contributed by atoms with Crippen LogP contribution in [0.4, 0.5) is 0 Å². The molecule has 5 heteroatoms. The molecule has 2 aliphatic carbocycles. The first-order chi connectivity index (χ1) is 10.5. The molecular weight excluding hydrogens is 278 g/mol. The molecule has 5 nitrogen and oxygen atoms in total. The maximum atomic E-state index is 9.95. The summed E-state index contributed by atoms with van der Waals surface area (Å²) in [4.78, 5) is 4.74. The molecule has 126 valence electrons. The Kier molecular flexibility index (Phi) is 4.64. The minimum absolute atomic E-state index is 0.157. The summed E-state index contributed by atoms with van der Waals surface area (Å²) in [6, 6.07) is 0.423. The SMILES string of the molecule is CCNC(=NCC1CCCC1O)NC1C2CCOC2C1(C)C. The van der Waals surface area contributed by atoms with E-state index in [1.807, 2.05) is 0 Å². The van der Waals surface area contributed by atoms with Crippen LogP contribution >= 0.6 is 0 Å². The number of aliphatic imine (C=N–C) groups is 1. The topological polar surface area (TPSA) is 65.9 Å². The molecule has 5 unspecified atom stereocenters. The van der Waals surface area contributed by atoms with Crippen LogP contribution in [-0.4, -0.2) is 49.0 Å². The van der Waals surface area contributed by atoms with Crippen LogP contribution in [0.3, 0.4) is 0 Å². The van der Waals surface area contributed by atoms with Crippen LogP contribution in [0.2, 0.25) is 0 Å². The van der Waals surface area contributed by atoms with Crippen LogP contribution in [-0.2, 0) is 4.74 Å². The largest absolute Gasteiger partial charge is 0.393 e. The van der Waals surface area contributed by atoms with Gasteiger partial charge in [0.1, 0.15) is 0 Å². The number of fused-ring (bicyclic) bond motifs is 1. The molecule has 3 N–H and O–H groups in total. The predicted octanol–water partition coefficient (Wildman–Crippen LogP) is 1.52. The zero-order chi connectivity index (χ0) is 15.7. The molecule has 0 aromatic rings. The average molecular weight is 309 g/mol. The molecule has 2 saturated carbocycles. The lowest BCUT2D eigenvalue weighted by Gasteiger charge is -2.54. The van der Waals surface area contributed by atoms with E-state index < -0.39 is 0 Å². The third-order valence-corrected chi connectivity index (χ3v) is 5.84. The standard InChI is InChI=1S/C17H31N3O2/c1-4-18-16(19-10-11-6-5-7-13(11)21)20-14-12-8-9-22-15(12)17(14,2)3/h11-15,21H,4-10H2,1-3H3,(H2,18,19,20). The van der Waals surface area contributed by atoms with Crippen LogP contribution in [0, 0.1) is 17.3 Å². The molecule has 0 spiro atoms. The van der Waals surface area contributed by atoms with Gasteiger partial charge in [-0.1, -0.05) is 20.3 Å². The Morgan fingerprint density at radius 3 is 2.82 bits per heavy atom. The molecule has 0 aromatic carbocycles. The van der Waals surface area contributed by atoms with Crippen LogP contribution in [0.15, 0.2) is 4.99 Å². The Morgan fingerprint density at radius 2 is 2.14 bits per heavy atom. The third kappa shape index (κ3) is 2.85. The molecule has 22 heavy (non-hydrogen) atoms. The highest BCUT2D eigenvalue weighted by atomic mass is 16.5. The Bertz CT molecular complexity index is 424. The van der Waals surface area contributed by atoms with E-state index in [1.54, 1.807) is 0 Å². The van der Waals surface area contributed by atoms with Gasteiger partial charge >= 0.3 is 0 Å².